The summed E-state index contributed by atoms with van der Waals surface area (Å²) in [6, 6.07) is 6.84. The summed E-state index contributed by atoms with van der Waals surface area (Å²) in [5, 5.41) is 10.5. The first kappa shape index (κ1) is 12.2. The Kier molecular flexibility index (Phi) is 4.75. The van der Waals surface area contributed by atoms with Gasteiger partial charge in [-0.1, -0.05) is 35.0 Å². The molecule has 1 aromatic rings. The number of nitro groups is 1. The average Bonchev–Trinajstić information content (AvgIpc) is 2.26. The van der Waals surface area contributed by atoms with E-state index >= 15 is 0 Å². The number of benzene rings is 1. The van der Waals surface area contributed by atoms with Crippen molar-refractivity contribution in [2.75, 3.05) is 0 Å². The maximum Gasteiger partial charge on any atom is 0.269 e. The zero-order valence-electron chi connectivity index (χ0n) is 8.65. The quantitative estimate of drug-likeness (QED) is 0.466. The number of hydrogen-bond acceptors (Lipinski definition) is 2. The molecule has 0 amide bonds. The molecule has 0 saturated heterocycles. The second-order valence-corrected chi connectivity index (χ2v) is 4.77. The highest BCUT2D eigenvalue weighted by atomic mass is 79.9. The van der Waals surface area contributed by atoms with Crippen LogP contribution in [0.3, 0.4) is 0 Å². The molecule has 1 aromatic carbocycles. The maximum atomic E-state index is 10.5. The number of alkyl halides is 1. The molecule has 0 bridgehead atoms. The second-order valence-electron chi connectivity index (χ2n) is 3.47. The van der Waals surface area contributed by atoms with E-state index < -0.39 is 0 Å². The first-order chi connectivity index (χ1) is 7.13. The van der Waals surface area contributed by atoms with E-state index in [0.717, 1.165) is 24.8 Å². The van der Waals surface area contributed by atoms with Gasteiger partial charge in [-0.3, -0.25) is 10.1 Å². The van der Waals surface area contributed by atoms with E-state index in [9.17, 15) is 10.1 Å². The van der Waals surface area contributed by atoms with Gasteiger partial charge in [-0.2, -0.15) is 0 Å². The topological polar surface area (TPSA) is 43.1 Å². The summed E-state index contributed by atoms with van der Waals surface area (Å²) >= 11 is 3.55. The van der Waals surface area contributed by atoms with E-state index in [0.29, 0.717) is 4.83 Å². The van der Waals surface area contributed by atoms with Crippen molar-refractivity contribution in [1.82, 2.24) is 0 Å². The molecular formula is C11H14BrNO2. The molecule has 1 rings (SSSR count). The van der Waals surface area contributed by atoms with Gasteiger partial charge in [-0.25, -0.2) is 0 Å². The monoisotopic (exact) mass is 271 g/mol. The van der Waals surface area contributed by atoms with Crippen LogP contribution >= 0.6 is 15.9 Å². The number of rotatable bonds is 5. The highest BCUT2D eigenvalue weighted by Crippen LogP contribution is 2.17. The van der Waals surface area contributed by atoms with Crippen LogP contribution in [0.5, 0.6) is 0 Å². The van der Waals surface area contributed by atoms with Gasteiger partial charge < -0.3 is 0 Å². The molecule has 0 aliphatic rings. The summed E-state index contributed by atoms with van der Waals surface area (Å²) in [5.41, 5.74) is 1.21. The molecule has 0 fully saturated rings. The fourth-order valence-electron chi connectivity index (χ4n) is 1.35. The van der Waals surface area contributed by atoms with E-state index in [1.165, 1.54) is 6.07 Å². The molecule has 1 atom stereocenters. The minimum absolute atomic E-state index is 0.176. The fraction of sp³-hybridized carbons (Fsp3) is 0.455. The maximum absolute atomic E-state index is 10.5. The Morgan fingerprint density at radius 1 is 1.53 bits per heavy atom. The van der Waals surface area contributed by atoms with Crippen molar-refractivity contribution in [3.63, 3.8) is 0 Å². The number of aryl methyl sites for hydroxylation is 1. The molecule has 82 valence electrons. The molecule has 0 aliphatic heterocycles. The lowest BCUT2D eigenvalue weighted by Gasteiger charge is -2.05. The van der Waals surface area contributed by atoms with Crippen LogP contribution in [0.2, 0.25) is 0 Å². The average molecular weight is 272 g/mol. The Morgan fingerprint density at radius 2 is 2.27 bits per heavy atom. The summed E-state index contributed by atoms with van der Waals surface area (Å²) < 4.78 is 0. The van der Waals surface area contributed by atoms with Crippen LogP contribution in [-0.2, 0) is 6.42 Å². The van der Waals surface area contributed by atoms with Crippen molar-refractivity contribution in [1.29, 1.82) is 0 Å². The molecule has 0 aliphatic carbocycles. The van der Waals surface area contributed by atoms with Crippen molar-refractivity contribution in [3.05, 3.63) is 39.9 Å². The van der Waals surface area contributed by atoms with Gasteiger partial charge >= 0.3 is 0 Å². The van der Waals surface area contributed by atoms with E-state index in [1.807, 2.05) is 6.07 Å². The molecule has 0 aromatic heterocycles. The summed E-state index contributed by atoms with van der Waals surface area (Å²) in [5.74, 6) is 0. The first-order valence-corrected chi connectivity index (χ1v) is 5.92. The lowest BCUT2D eigenvalue weighted by Crippen LogP contribution is -1.98. The first-order valence-electron chi connectivity index (χ1n) is 5.01. The van der Waals surface area contributed by atoms with Crippen LogP contribution in [0.4, 0.5) is 5.69 Å². The van der Waals surface area contributed by atoms with Gasteiger partial charge in [0.2, 0.25) is 0 Å². The number of non-ortho nitro benzene ring substituents is 1. The second kappa shape index (κ2) is 5.85. The minimum atomic E-state index is -0.352. The van der Waals surface area contributed by atoms with Gasteiger partial charge in [-0.15, -0.1) is 0 Å². The molecule has 15 heavy (non-hydrogen) atoms. The van der Waals surface area contributed by atoms with E-state index in [1.54, 1.807) is 12.1 Å². The van der Waals surface area contributed by atoms with Crippen molar-refractivity contribution in [2.24, 2.45) is 0 Å². The fourth-order valence-corrected chi connectivity index (χ4v) is 1.58. The Morgan fingerprint density at radius 3 is 2.87 bits per heavy atom. The van der Waals surface area contributed by atoms with Crippen LogP contribution in [-0.4, -0.2) is 9.75 Å². The highest BCUT2D eigenvalue weighted by molar-refractivity contribution is 9.09. The van der Waals surface area contributed by atoms with Crippen molar-refractivity contribution in [2.45, 2.75) is 31.0 Å². The van der Waals surface area contributed by atoms with E-state index in [2.05, 4.69) is 22.9 Å². The number of nitro benzene ring substituents is 1. The zero-order chi connectivity index (χ0) is 11.3. The summed E-state index contributed by atoms with van der Waals surface area (Å²) in [6.07, 6.45) is 2.97. The van der Waals surface area contributed by atoms with Crippen molar-refractivity contribution in [3.8, 4) is 0 Å². The van der Waals surface area contributed by atoms with Crippen molar-refractivity contribution < 1.29 is 4.92 Å². The van der Waals surface area contributed by atoms with Gasteiger partial charge in [0.15, 0.2) is 0 Å². The van der Waals surface area contributed by atoms with Crippen LogP contribution in [0.1, 0.15) is 25.3 Å². The van der Waals surface area contributed by atoms with Gasteiger partial charge in [0.05, 0.1) is 4.92 Å². The predicted molar refractivity (Wildman–Crippen MR) is 64.4 cm³/mol. The Labute approximate surface area is 97.8 Å². The molecule has 1 unspecified atom stereocenters. The Bertz CT molecular complexity index is 341. The lowest BCUT2D eigenvalue weighted by atomic mass is 10.1. The third-order valence-corrected chi connectivity index (χ3v) is 3.42. The van der Waals surface area contributed by atoms with Crippen LogP contribution < -0.4 is 0 Å². The molecule has 4 heteroatoms. The SMILES string of the molecule is CCC(Br)CCc1cccc([N+](=O)[O-])c1. The van der Waals surface area contributed by atoms with Crippen LogP contribution in [0, 0.1) is 10.1 Å². The largest absolute Gasteiger partial charge is 0.269 e. The summed E-state index contributed by atoms with van der Waals surface area (Å²) in [4.78, 5) is 10.7. The minimum Gasteiger partial charge on any atom is -0.258 e. The Balaban J connectivity index is 2.62. The van der Waals surface area contributed by atoms with Crippen LogP contribution in [0.15, 0.2) is 24.3 Å². The normalized spacial score (nSPS) is 12.4. The molecular weight excluding hydrogens is 258 g/mol. The molecule has 3 nitrogen and oxygen atoms in total. The molecule has 0 N–H and O–H groups in total. The zero-order valence-corrected chi connectivity index (χ0v) is 10.2. The van der Waals surface area contributed by atoms with Gasteiger partial charge in [0.25, 0.3) is 5.69 Å². The smallest absolute Gasteiger partial charge is 0.258 e. The highest BCUT2D eigenvalue weighted by Gasteiger charge is 2.07. The van der Waals surface area contributed by atoms with Crippen LogP contribution in [0.25, 0.3) is 0 Å². The van der Waals surface area contributed by atoms with Crippen molar-refractivity contribution >= 4 is 21.6 Å². The summed E-state index contributed by atoms with van der Waals surface area (Å²) in [7, 11) is 0. The Hall–Kier alpha value is -0.900. The van der Waals surface area contributed by atoms with E-state index in [4.69, 9.17) is 0 Å². The molecule has 0 radical (unpaired) electrons. The van der Waals surface area contributed by atoms with Gasteiger partial charge in [-0.05, 0) is 24.8 Å². The summed E-state index contributed by atoms with van der Waals surface area (Å²) in [6.45, 7) is 2.12. The lowest BCUT2D eigenvalue weighted by molar-refractivity contribution is -0.384. The number of hydrogen-bond donors (Lipinski definition) is 0. The third kappa shape index (κ3) is 4.00. The number of halogens is 1. The predicted octanol–water partition coefficient (Wildman–Crippen LogP) is 3.70. The van der Waals surface area contributed by atoms with Gasteiger partial charge in [0, 0.05) is 17.0 Å². The third-order valence-electron chi connectivity index (χ3n) is 2.31. The standard InChI is InChI=1S/C11H14BrNO2/c1-2-10(12)7-6-9-4-3-5-11(8-9)13(14)15/h3-5,8,10H,2,6-7H2,1H3. The molecule has 0 spiro atoms. The molecule has 0 saturated carbocycles. The van der Waals surface area contributed by atoms with E-state index in [-0.39, 0.29) is 10.6 Å². The number of nitrogens with zero attached hydrogens (tertiary/aromatic N) is 1. The van der Waals surface area contributed by atoms with Gasteiger partial charge in [0.1, 0.15) is 0 Å². The molecule has 0 heterocycles.